The van der Waals surface area contributed by atoms with Crippen molar-refractivity contribution < 1.29 is 24.3 Å². The lowest BCUT2D eigenvalue weighted by Crippen LogP contribution is -2.42. The first-order chi connectivity index (χ1) is 11.5. The molecule has 1 aromatic rings. The quantitative estimate of drug-likeness (QED) is 0.288. The van der Waals surface area contributed by atoms with Crippen molar-refractivity contribution in [3.8, 4) is 0 Å². The molecule has 2 amide bonds. The first-order valence-electron chi connectivity index (χ1n) is 7.61. The van der Waals surface area contributed by atoms with Crippen LogP contribution in [0.5, 0.6) is 0 Å². The lowest BCUT2D eigenvalue weighted by molar-refractivity contribution is -0.147. The zero-order chi connectivity index (χ0) is 17.9. The van der Waals surface area contributed by atoms with Gasteiger partial charge in [0.15, 0.2) is 0 Å². The Labute approximate surface area is 140 Å². The molecule has 0 aliphatic rings. The number of hydroxylamine groups is 1. The molecule has 0 heterocycles. The summed E-state index contributed by atoms with van der Waals surface area (Å²) >= 11 is 0. The highest BCUT2D eigenvalue weighted by Gasteiger charge is 2.22. The van der Waals surface area contributed by atoms with Crippen LogP contribution < -0.4 is 10.8 Å². The van der Waals surface area contributed by atoms with E-state index >= 15 is 0 Å². The minimum atomic E-state index is -0.961. The summed E-state index contributed by atoms with van der Waals surface area (Å²) in [6.07, 6.45) is 2.83. The van der Waals surface area contributed by atoms with E-state index in [0.717, 1.165) is 11.1 Å². The van der Waals surface area contributed by atoms with E-state index in [0.29, 0.717) is 0 Å². The van der Waals surface area contributed by atoms with Gasteiger partial charge in [0.25, 0.3) is 0 Å². The zero-order valence-corrected chi connectivity index (χ0v) is 13.7. The molecule has 3 N–H and O–H groups in total. The molecule has 0 spiro atoms. The summed E-state index contributed by atoms with van der Waals surface area (Å²) in [6, 6.07) is 6.62. The fourth-order valence-electron chi connectivity index (χ4n) is 1.89. The first-order valence-corrected chi connectivity index (χ1v) is 7.61. The van der Waals surface area contributed by atoms with Crippen LogP contribution in [0.15, 0.2) is 30.3 Å². The molecule has 0 aliphatic heterocycles. The number of ether oxygens (including phenoxy) is 1. The third kappa shape index (κ3) is 7.06. The number of carbonyl (C=O) groups is 3. The summed E-state index contributed by atoms with van der Waals surface area (Å²) < 4.78 is 4.87. The molecule has 7 heteroatoms. The largest absolute Gasteiger partial charge is 0.464 e. The Hall–Kier alpha value is -2.67. The molecular formula is C17H22N2O5. The van der Waals surface area contributed by atoms with Gasteiger partial charge in [0.1, 0.15) is 6.04 Å². The molecule has 0 fully saturated rings. The molecule has 1 atom stereocenters. The average Bonchev–Trinajstić information content (AvgIpc) is 2.57. The van der Waals surface area contributed by atoms with Crippen LogP contribution in [-0.4, -0.2) is 35.6 Å². The van der Waals surface area contributed by atoms with Gasteiger partial charge in [-0.05, 0) is 31.9 Å². The molecule has 7 nitrogen and oxygen atoms in total. The van der Waals surface area contributed by atoms with Crippen molar-refractivity contribution in [2.24, 2.45) is 0 Å². The number of nitrogens with one attached hydrogen (secondary N) is 2. The Morgan fingerprint density at radius 3 is 2.50 bits per heavy atom. The minimum absolute atomic E-state index is 0.0232. The van der Waals surface area contributed by atoms with Crippen LogP contribution in [0.25, 0.3) is 6.08 Å². The summed E-state index contributed by atoms with van der Waals surface area (Å²) in [4.78, 5) is 34.9. The molecule has 1 aromatic carbocycles. The fourth-order valence-corrected chi connectivity index (χ4v) is 1.89. The van der Waals surface area contributed by atoms with Crippen molar-refractivity contribution in [1.29, 1.82) is 0 Å². The first kappa shape index (κ1) is 19.4. The molecule has 130 valence electrons. The van der Waals surface area contributed by atoms with Crippen LogP contribution in [0.1, 0.15) is 30.9 Å². The standard InChI is InChI=1S/C17H22N2O5/c1-3-24-17(22)14(9-11-16(21)19-23)18-15(20)10-8-13-6-4-12(2)5-7-13/h4-8,10,14,23H,3,9,11H2,1-2H3,(H,18,20)(H,19,21)/t14-/m0/s1. The number of amides is 2. The lowest BCUT2D eigenvalue weighted by atomic mass is 10.1. The number of benzene rings is 1. The van der Waals surface area contributed by atoms with E-state index in [1.165, 1.54) is 11.6 Å². The predicted octanol–water partition coefficient (Wildman–Crippen LogP) is 1.34. The fraction of sp³-hybridized carbons (Fsp3) is 0.353. The third-order valence-electron chi connectivity index (χ3n) is 3.18. The number of esters is 1. The normalized spacial score (nSPS) is 11.8. The number of carbonyl (C=O) groups excluding carboxylic acids is 3. The van der Waals surface area contributed by atoms with Crippen LogP contribution >= 0.6 is 0 Å². The highest BCUT2D eigenvalue weighted by molar-refractivity contribution is 5.94. The van der Waals surface area contributed by atoms with Crippen molar-refractivity contribution in [1.82, 2.24) is 10.8 Å². The second kappa shape index (κ2) is 10.2. The van der Waals surface area contributed by atoms with Crippen molar-refractivity contribution in [3.63, 3.8) is 0 Å². The monoisotopic (exact) mass is 334 g/mol. The van der Waals surface area contributed by atoms with E-state index < -0.39 is 23.8 Å². The highest BCUT2D eigenvalue weighted by Crippen LogP contribution is 2.05. The Bertz CT molecular complexity index is 596. The maximum absolute atomic E-state index is 12.0. The molecule has 0 aromatic heterocycles. The van der Waals surface area contributed by atoms with Crippen LogP contribution in [0, 0.1) is 6.92 Å². The molecule has 0 saturated heterocycles. The Balaban J connectivity index is 2.66. The van der Waals surface area contributed by atoms with Crippen LogP contribution in [0.3, 0.4) is 0 Å². The summed E-state index contributed by atoms with van der Waals surface area (Å²) in [5.41, 5.74) is 3.44. The van der Waals surface area contributed by atoms with Gasteiger partial charge in [-0.3, -0.25) is 14.8 Å². The summed E-state index contributed by atoms with van der Waals surface area (Å²) in [5.74, 6) is -1.74. The summed E-state index contributed by atoms with van der Waals surface area (Å²) in [5, 5.41) is 11.0. The van der Waals surface area contributed by atoms with Crippen LogP contribution in [0.2, 0.25) is 0 Å². The van der Waals surface area contributed by atoms with E-state index in [-0.39, 0.29) is 19.4 Å². The second-order valence-electron chi connectivity index (χ2n) is 5.13. The summed E-state index contributed by atoms with van der Waals surface area (Å²) in [6.45, 7) is 3.78. The Kier molecular flexibility index (Phi) is 8.21. The minimum Gasteiger partial charge on any atom is -0.464 e. The van der Waals surface area contributed by atoms with Crippen molar-refractivity contribution in [2.75, 3.05) is 6.61 Å². The Morgan fingerprint density at radius 2 is 1.92 bits per heavy atom. The SMILES string of the molecule is CCOC(=O)[C@H](CCC(=O)NO)NC(=O)C=Cc1ccc(C)cc1. The van der Waals surface area contributed by atoms with Gasteiger partial charge in [-0.15, -0.1) is 0 Å². The number of rotatable bonds is 8. The molecule has 0 aliphatic carbocycles. The van der Waals surface area contributed by atoms with Gasteiger partial charge in [0.05, 0.1) is 6.61 Å². The molecule has 24 heavy (non-hydrogen) atoms. The highest BCUT2D eigenvalue weighted by atomic mass is 16.5. The maximum Gasteiger partial charge on any atom is 0.328 e. The number of aryl methyl sites for hydroxylation is 1. The average molecular weight is 334 g/mol. The van der Waals surface area contributed by atoms with E-state index in [9.17, 15) is 14.4 Å². The van der Waals surface area contributed by atoms with Gasteiger partial charge < -0.3 is 10.1 Å². The van der Waals surface area contributed by atoms with E-state index in [1.54, 1.807) is 13.0 Å². The molecule has 0 unspecified atom stereocenters. The molecule has 1 rings (SSSR count). The molecule has 0 bridgehead atoms. The predicted molar refractivity (Wildman–Crippen MR) is 87.9 cm³/mol. The number of hydrogen-bond donors (Lipinski definition) is 3. The van der Waals surface area contributed by atoms with E-state index in [2.05, 4.69) is 5.32 Å². The van der Waals surface area contributed by atoms with Crippen molar-refractivity contribution >= 4 is 23.9 Å². The van der Waals surface area contributed by atoms with Crippen molar-refractivity contribution in [2.45, 2.75) is 32.7 Å². The third-order valence-corrected chi connectivity index (χ3v) is 3.18. The topological polar surface area (TPSA) is 105 Å². The molecule has 0 radical (unpaired) electrons. The van der Waals surface area contributed by atoms with E-state index in [4.69, 9.17) is 9.94 Å². The van der Waals surface area contributed by atoms with Crippen LogP contribution in [-0.2, 0) is 19.1 Å². The van der Waals surface area contributed by atoms with Crippen LogP contribution in [0.4, 0.5) is 0 Å². The van der Waals surface area contributed by atoms with Gasteiger partial charge in [0.2, 0.25) is 11.8 Å². The molecule has 0 saturated carbocycles. The van der Waals surface area contributed by atoms with E-state index in [1.807, 2.05) is 31.2 Å². The van der Waals surface area contributed by atoms with Gasteiger partial charge in [0, 0.05) is 12.5 Å². The van der Waals surface area contributed by atoms with Gasteiger partial charge in [-0.1, -0.05) is 29.8 Å². The summed E-state index contributed by atoms with van der Waals surface area (Å²) in [7, 11) is 0. The zero-order valence-electron chi connectivity index (χ0n) is 13.7. The second-order valence-corrected chi connectivity index (χ2v) is 5.13. The van der Waals surface area contributed by atoms with Gasteiger partial charge >= 0.3 is 5.97 Å². The van der Waals surface area contributed by atoms with Crippen molar-refractivity contribution in [3.05, 3.63) is 41.5 Å². The molecular weight excluding hydrogens is 312 g/mol. The Morgan fingerprint density at radius 1 is 1.25 bits per heavy atom. The lowest BCUT2D eigenvalue weighted by Gasteiger charge is -2.15. The number of hydrogen-bond acceptors (Lipinski definition) is 5. The smallest absolute Gasteiger partial charge is 0.328 e. The maximum atomic E-state index is 12.0. The van der Waals surface area contributed by atoms with Gasteiger partial charge in [-0.2, -0.15) is 0 Å². The van der Waals surface area contributed by atoms with Gasteiger partial charge in [-0.25, -0.2) is 10.3 Å².